The maximum Gasteiger partial charge on any atom is 0.270 e. The van der Waals surface area contributed by atoms with Crippen LogP contribution in [-0.4, -0.2) is 54.2 Å². The number of aliphatic hydroxyl groups is 1. The lowest BCUT2D eigenvalue weighted by molar-refractivity contribution is -0.106. The number of nitrogens with zero attached hydrogens (tertiary/aromatic N) is 3. The van der Waals surface area contributed by atoms with Crippen LogP contribution in [0.2, 0.25) is 0 Å². The minimum atomic E-state index is -2.88. The average Bonchev–Trinajstić information content (AvgIpc) is 2.94. The van der Waals surface area contributed by atoms with E-state index in [2.05, 4.69) is 47.1 Å². The van der Waals surface area contributed by atoms with Crippen LogP contribution in [0.25, 0.3) is 0 Å². The molecular formula is C32H47F2N3O2. The third-order valence-corrected chi connectivity index (χ3v) is 5.84. The van der Waals surface area contributed by atoms with Crippen molar-refractivity contribution in [2.45, 2.75) is 66.9 Å². The SMILES string of the molecule is C=N/C(C)=C(/C(=C)N(CC)CCCO)N(CCc1cccc(C(C)(F)F)c1)Cc1ccccc1.CC.CC=O. The van der Waals surface area contributed by atoms with Gasteiger partial charge in [-0.2, -0.15) is 0 Å². The summed E-state index contributed by atoms with van der Waals surface area (Å²) < 4.78 is 27.7. The maximum absolute atomic E-state index is 13.9. The molecule has 2 aromatic rings. The molecule has 0 amide bonds. The van der Waals surface area contributed by atoms with Gasteiger partial charge in [0, 0.05) is 45.3 Å². The fourth-order valence-corrected chi connectivity index (χ4v) is 3.93. The molecule has 0 spiro atoms. The quantitative estimate of drug-likeness (QED) is 0.155. The molecule has 1 N–H and O–H groups in total. The summed E-state index contributed by atoms with van der Waals surface area (Å²) in [5.41, 5.74) is 4.42. The fraction of sp³-hybridized carbons (Fsp3) is 0.438. The van der Waals surface area contributed by atoms with Crippen molar-refractivity contribution in [2.75, 3.05) is 26.2 Å². The number of hydrogen-bond donors (Lipinski definition) is 1. The summed E-state index contributed by atoms with van der Waals surface area (Å²) in [6, 6.07) is 16.7. The summed E-state index contributed by atoms with van der Waals surface area (Å²) in [5, 5.41) is 9.32. The monoisotopic (exact) mass is 543 g/mol. The standard InChI is InChI=1S/C28H37F2N3O.C2H4O.C2H6/c1-6-32(17-11-19-34)23(3)27(22(2)31-5)33(21-25-12-8-7-9-13-25)18-16-24-14-10-15-26(20-24)28(4,29)30;1-2-3;1-2/h7-10,12-15,20,34H,3,5-6,11,16-19,21H2,1-2,4H3;2H,1H3;1-2H3/b27-22-;;. The van der Waals surface area contributed by atoms with Gasteiger partial charge in [0.15, 0.2) is 0 Å². The van der Waals surface area contributed by atoms with E-state index >= 15 is 0 Å². The Hall–Kier alpha value is -3.32. The zero-order valence-corrected chi connectivity index (χ0v) is 24.6. The Balaban J connectivity index is 0.00000269. The highest BCUT2D eigenvalue weighted by Gasteiger charge is 2.25. The van der Waals surface area contributed by atoms with Crippen molar-refractivity contribution >= 4 is 13.0 Å². The van der Waals surface area contributed by atoms with Gasteiger partial charge in [-0.05, 0) is 57.5 Å². The molecule has 39 heavy (non-hydrogen) atoms. The number of aliphatic hydroxyl groups excluding tert-OH is 1. The number of alkyl halides is 2. The van der Waals surface area contributed by atoms with E-state index in [4.69, 9.17) is 4.79 Å². The number of likely N-dealkylation sites (N-methyl/N-ethyl adjacent to an activating group) is 1. The second-order valence-electron chi connectivity index (χ2n) is 8.68. The van der Waals surface area contributed by atoms with Gasteiger partial charge < -0.3 is 19.7 Å². The smallest absolute Gasteiger partial charge is 0.270 e. The molecule has 0 heterocycles. The van der Waals surface area contributed by atoms with Gasteiger partial charge in [0.05, 0.1) is 17.1 Å². The predicted molar refractivity (Wildman–Crippen MR) is 160 cm³/mol. The minimum absolute atomic E-state index is 0.0184. The Kier molecular flexibility index (Phi) is 18.0. The van der Waals surface area contributed by atoms with Crippen LogP contribution in [0.3, 0.4) is 0 Å². The second kappa shape index (κ2) is 19.7. The third kappa shape index (κ3) is 12.9. The van der Waals surface area contributed by atoms with Crippen molar-refractivity contribution in [3.05, 3.63) is 95.0 Å². The van der Waals surface area contributed by atoms with Crippen LogP contribution in [0, 0.1) is 0 Å². The molecule has 0 bridgehead atoms. The molecule has 0 aliphatic heterocycles. The van der Waals surface area contributed by atoms with Gasteiger partial charge in [-0.3, -0.25) is 4.99 Å². The number of benzene rings is 2. The van der Waals surface area contributed by atoms with Gasteiger partial charge >= 0.3 is 0 Å². The average molecular weight is 544 g/mol. The number of aldehydes is 1. The molecule has 0 radical (unpaired) electrons. The van der Waals surface area contributed by atoms with Crippen LogP contribution in [0.15, 0.2) is 83.3 Å². The lowest BCUT2D eigenvalue weighted by Crippen LogP contribution is -2.34. The van der Waals surface area contributed by atoms with E-state index in [0.29, 0.717) is 32.5 Å². The fourth-order valence-electron chi connectivity index (χ4n) is 3.93. The highest BCUT2D eigenvalue weighted by molar-refractivity contribution is 5.44. The Morgan fingerprint density at radius 3 is 2.15 bits per heavy atom. The van der Waals surface area contributed by atoms with Crippen molar-refractivity contribution in [1.29, 1.82) is 0 Å². The largest absolute Gasteiger partial charge is 0.396 e. The van der Waals surface area contributed by atoms with E-state index < -0.39 is 5.92 Å². The van der Waals surface area contributed by atoms with Crippen molar-refractivity contribution in [1.82, 2.24) is 9.80 Å². The van der Waals surface area contributed by atoms with Gasteiger partial charge in [-0.25, -0.2) is 8.78 Å². The summed E-state index contributed by atoms with van der Waals surface area (Å²) in [7, 11) is 0. The number of halogens is 2. The van der Waals surface area contributed by atoms with Crippen molar-refractivity contribution in [3.63, 3.8) is 0 Å². The topological polar surface area (TPSA) is 56.1 Å². The lowest BCUT2D eigenvalue weighted by atomic mass is 10.0. The van der Waals surface area contributed by atoms with E-state index in [1.807, 2.05) is 45.0 Å². The van der Waals surface area contributed by atoms with E-state index in [0.717, 1.165) is 48.0 Å². The molecule has 0 saturated heterocycles. The first-order valence-electron chi connectivity index (χ1n) is 13.5. The molecule has 216 valence electrons. The minimum Gasteiger partial charge on any atom is -0.396 e. The lowest BCUT2D eigenvalue weighted by Gasteiger charge is -2.35. The molecule has 0 aliphatic rings. The number of carbonyl (C=O) groups is 1. The zero-order valence-electron chi connectivity index (χ0n) is 24.6. The predicted octanol–water partition coefficient (Wildman–Crippen LogP) is 7.22. The van der Waals surface area contributed by atoms with Crippen LogP contribution < -0.4 is 0 Å². The molecule has 5 nitrogen and oxygen atoms in total. The zero-order chi connectivity index (χ0) is 29.8. The molecule has 7 heteroatoms. The van der Waals surface area contributed by atoms with Crippen molar-refractivity contribution < 1.29 is 18.7 Å². The molecule has 0 saturated carbocycles. The number of carbonyl (C=O) groups excluding carboxylic acids is 1. The van der Waals surface area contributed by atoms with E-state index in [-0.39, 0.29) is 12.2 Å². The molecule has 0 aliphatic carbocycles. The van der Waals surface area contributed by atoms with Gasteiger partial charge in [0.25, 0.3) is 5.92 Å². The number of allylic oxidation sites excluding steroid dienone is 1. The molecule has 0 fully saturated rings. The molecule has 0 atom stereocenters. The first-order valence-corrected chi connectivity index (χ1v) is 13.5. The van der Waals surface area contributed by atoms with E-state index in [9.17, 15) is 13.9 Å². The van der Waals surface area contributed by atoms with Crippen LogP contribution >= 0.6 is 0 Å². The second-order valence-corrected chi connectivity index (χ2v) is 8.68. The highest BCUT2D eigenvalue weighted by atomic mass is 19.3. The highest BCUT2D eigenvalue weighted by Crippen LogP contribution is 2.28. The Morgan fingerprint density at radius 1 is 1.05 bits per heavy atom. The summed E-state index contributed by atoms with van der Waals surface area (Å²) >= 11 is 0. The van der Waals surface area contributed by atoms with Crippen LogP contribution in [0.5, 0.6) is 0 Å². The van der Waals surface area contributed by atoms with Crippen LogP contribution in [0.4, 0.5) is 8.78 Å². The van der Waals surface area contributed by atoms with Crippen molar-refractivity contribution in [3.8, 4) is 0 Å². The molecule has 0 aromatic heterocycles. The number of aliphatic imine (C=N–C) groups is 1. The first-order chi connectivity index (χ1) is 18.6. The first kappa shape index (κ1) is 35.7. The van der Waals surface area contributed by atoms with Crippen molar-refractivity contribution in [2.24, 2.45) is 4.99 Å². The summed E-state index contributed by atoms with van der Waals surface area (Å²) in [4.78, 5) is 17.3. The van der Waals surface area contributed by atoms with Crippen LogP contribution in [0.1, 0.15) is 64.7 Å². The summed E-state index contributed by atoms with van der Waals surface area (Å²) in [6.45, 7) is 21.1. The molecule has 2 aromatic carbocycles. The molecular weight excluding hydrogens is 496 g/mol. The Bertz CT molecular complexity index is 1020. The third-order valence-electron chi connectivity index (χ3n) is 5.84. The van der Waals surface area contributed by atoms with Crippen LogP contribution in [-0.2, 0) is 23.7 Å². The van der Waals surface area contributed by atoms with E-state index in [1.54, 1.807) is 12.1 Å². The number of rotatable bonds is 14. The van der Waals surface area contributed by atoms with Gasteiger partial charge in [-0.15, -0.1) is 0 Å². The molecule has 2 rings (SSSR count). The maximum atomic E-state index is 13.9. The van der Waals surface area contributed by atoms with Gasteiger partial charge in [-0.1, -0.05) is 69.0 Å². The summed E-state index contributed by atoms with van der Waals surface area (Å²) in [6.07, 6.45) is 1.97. The van der Waals surface area contributed by atoms with E-state index in [1.165, 1.54) is 13.0 Å². The molecule has 0 unspecified atom stereocenters. The number of hydrogen-bond acceptors (Lipinski definition) is 5. The Morgan fingerprint density at radius 2 is 1.64 bits per heavy atom. The Labute approximate surface area is 234 Å². The normalized spacial score (nSPS) is 11.1. The van der Waals surface area contributed by atoms with Gasteiger partial charge in [0.1, 0.15) is 6.29 Å². The van der Waals surface area contributed by atoms with Gasteiger partial charge in [0.2, 0.25) is 0 Å². The summed E-state index contributed by atoms with van der Waals surface area (Å²) in [5.74, 6) is -2.88.